The van der Waals surface area contributed by atoms with E-state index in [-0.39, 0.29) is 5.75 Å². The van der Waals surface area contributed by atoms with Gasteiger partial charge in [-0.25, -0.2) is 4.57 Å². The molecule has 0 amide bonds. The number of phenolic OH excluding ortho intramolecular Hbond substituents is 1. The molecule has 2 rings (SSSR count). The highest BCUT2D eigenvalue weighted by molar-refractivity contribution is 7.48. The highest BCUT2D eigenvalue weighted by atomic mass is 31.2. The van der Waals surface area contributed by atoms with Crippen LogP contribution in [0.5, 0.6) is 5.75 Å². The summed E-state index contributed by atoms with van der Waals surface area (Å²) in [5, 5.41) is 9.41. The van der Waals surface area contributed by atoms with E-state index in [2.05, 4.69) is 6.92 Å². The average Bonchev–Trinajstić information content (AvgIpc) is 2.70. The zero-order valence-corrected chi connectivity index (χ0v) is 18.6. The predicted molar refractivity (Wildman–Crippen MR) is 117 cm³/mol. The first-order valence-corrected chi connectivity index (χ1v) is 11.8. The molecule has 0 aliphatic heterocycles. The van der Waals surface area contributed by atoms with Crippen LogP contribution < -0.4 is 0 Å². The predicted octanol–water partition coefficient (Wildman–Crippen LogP) is 6.85. The zero-order valence-electron chi connectivity index (χ0n) is 17.7. The number of allylic oxidation sites excluding steroid dienone is 5. The minimum atomic E-state index is -3.61. The first kappa shape index (κ1) is 23.5. The summed E-state index contributed by atoms with van der Waals surface area (Å²) in [7, 11) is -3.61. The molecule has 29 heavy (non-hydrogen) atoms. The summed E-state index contributed by atoms with van der Waals surface area (Å²) in [4.78, 5) is 0. The lowest BCUT2D eigenvalue weighted by Gasteiger charge is -2.20. The standard InChI is InChI=1S/C23H33O5P/c1-4-6-16-26-29(25,27-17-7-5-2)28-23-14-10-21(11-15-23)19(3)18-20-8-12-22(24)13-9-20/h8-10,12-15,24H,4-7,11,16-18H2,1-3H3. The summed E-state index contributed by atoms with van der Waals surface area (Å²) in [6, 6.07) is 7.25. The lowest BCUT2D eigenvalue weighted by atomic mass is 9.96. The Labute approximate surface area is 174 Å². The van der Waals surface area contributed by atoms with Gasteiger partial charge in [-0.3, -0.25) is 9.05 Å². The maximum Gasteiger partial charge on any atom is 0.530 e. The molecule has 1 N–H and O–H groups in total. The summed E-state index contributed by atoms with van der Waals surface area (Å²) in [5.74, 6) is 0.788. The molecule has 0 fully saturated rings. The highest BCUT2D eigenvalue weighted by Gasteiger charge is 2.29. The Hall–Kier alpha value is -1.81. The topological polar surface area (TPSA) is 65.0 Å². The second-order valence-corrected chi connectivity index (χ2v) is 8.80. The largest absolute Gasteiger partial charge is 0.530 e. The SMILES string of the molecule is CCCCOP(=O)(OCCCC)OC1=CCC(=C(C)Cc2ccc(O)cc2)C=C1. The number of unbranched alkanes of at least 4 members (excludes halogenated alkanes) is 2. The lowest BCUT2D eigenvalue weighted by molar-refractivity contribution is 0.134. The molecule has 0 unspecified atom stereocenters. The van der Waals surface area contributed by atoms with Crippen LogP contribution in [0, 0.1) is 0 Å². The molecule has 0 atom stereocenters. The van der Waals surface area contributed by atoms with Gasteiger partial charge in [-0.2, -0.15) is 0 Å². The minimum absolute atomic E-state index is 0.271. The summed E-state index contributed by atoms with van der Waals surface area (Å²) < 4.78 is 29.6. The van der Waals surface area contributed by atoms with Crippen molar-refractivity contribution in [1.29, 1.82) is 0 Å². The lowest BCUT2D eigenvalue weighted by Crippen LogP contribution is -2.04. The van der Waals surface area contributed by atoms with Crippen LogP contribution in [0.2, 0.25) is 0 Å². The summed E-state index contributed by atoms with van der Waals surface area (Å²) in [6.45, 7) is 6.90. The Bertz CT molecular complexity index is 763. The van der Waals surface area contributed by atoms with Gasteiger partial charge < -0.3 is 9.63 Å². The van der Waals surface area contributed by atoms with Crippen LogP contribution in [0.4, 0.5) is 0 Å². The fraction of sp³-hybridized carbons (Fsp3) is 0.478. The third-order valence-corrected chi connectivity index (χ3v) is 6.07. The van der Waals surface area contributed by atoms with Crippen molar-refractivity contribution in [2.75, 3.05) is 13.2 Å². The Morgan fingerprint density at radius 3 is 2.17 bits per heavy atom. The number of rotatable bonds is 12. The van der Waals surface area contributed by atoms with Gasteiger partial charge in [0.05, 0.1) is 13.2 Å². The number of aromatic hydroxyl groups is 1. The van der Waals surface area contributed by atoms with Crippen LogP contribution in [-0.4, -0.2) is 18.3 Å². The Kier molecular flexibility index (Phi) is 9.72. The molecular formula is C23H33O5P. The van der Waals surface area contributed by atoms with Crippen LogP contribution in [0.15, 0.2) is 59.4 Å². The van der Waals surface area contributed by atoms with Crippen LogP contribution >= 0.6 is 7.82 Å². The van der Waals surface area contributed by atoms with E-state index < -0.39 is 7.82 Å². The molecule has 0 radical (unpaired) electrons. The third-order valence-electron chi connectivity index (χ3n) is 4.64. The third kappa shape index (κ3) is 8.22. The van der Waals surface area contributed by atoms with E-state index in [1.807, 2.05) is 44.2 Å². The number of hydrogen-bond donors (Lipinski definition) is 1. The van der Waals surface area contributed by atoms with Crippen molar-refractivity contribution in [3.63, 3.8) is 0 Å². The van der Waals surface area contributed by atoms with Crippen molar-refractivity contribution < 1.29 is 23.2 Å². The van der Waals surface area contributed by atoms with E-state index in [0.29, 0.717) is 25.4 Å². The van der Waals surface area contributed by atoms with Gasteiger partial charge >= 0.3 is 7.82 Å². The second kappa shape index (κ2) is 12.0. The summed E-state index contributed by atoms with van der Waals surface area (Å²) in [6.07, 6.45) is 10.7. The fourth-order valence-electron chi connectivity index (χ4n) is 2.81. The molecule has 0 saturated heterocycles. The van der Waals surface area contributed by atoms with E-state index in [1.54, 1.807) is 12.1 Å². The molecular weight excluding hydrogens is 387 g/mol. The molecule has 6 heteroatoms. The quantitative estimate of drug-likeness (QED) is 0.296. The normalized spacial score (nSPS) is 15.9. The van der Waals surface area contributed by atoms with Crippen molar-refractivity contribution in [1.82, 2.24) is 0 Å². The van der Waals surface area contributed by atoms with Crippen molar-refractivity contribution >= 4 is 7.82 Å². The van der Waals surface area contributed by atoms with Crippen LogP contribution in [-0.2, 0) is 24.6 Å². The molecule has 0 spiro atoms. The van der Waals surface area contributed by atoms with Gasteiger partial charge in [0, 0.05) is 0 Å². The average molecular weight is 420 g/mol. The summed E-state index contributed by atoms with van der Waals surface area (Å²) in [5.41, 5.74) is 3.58. The van der Waals surface area contributed by atoms with Gasteiger partial charge in [0.2, 0.25) is 0 Å². The number of benzene rings is 1. The van der Waals surface area contributed by atoms with Crippen molar-refractivity contribution in [3.05, 3.63) is 65.0 Å². The zero-order chi connectivity index (χ0) is 21.1. The van der Waals surface area contributed by atoms with Crippen LogP contribution in [0.3, 0.4) is 0 Å². The first-order chi connectivity index (χ1) is 14.0. The van der Waals surface area contributed by atoms with E-state index >= 15 is 0 Å². The van der Waals surface area contributed by atoms with Gasteiger partial charge in [0.1, 0.15) is 11.5 Å². The van der Waals surface area contributed by atoms with E-state index in [9.17, 15) is 9.67 Å². The van der Waals surface area contributed by atoms with Gasteiger partial charge in [-0.15, -0.1) is 0 Å². The van der Waals surface area contributed by atoms with Crippen molar-refractivity contribution in [3.8, 4) is 5.75 Å². The molecule has 1 aromatic rings. The molecule has 1 aliphatic rings. The maximum absolute atomic E-state index is 12.9. The number of phosphoric ester groups is 1. The summed E-state index contributed by atoms with van der Waals surface area (Å²) >= 11 is 0. The molecule has 0 heterocycles. The molecule has 1 aromatic carbocycles. The smallest absolute Gasteiger partial charge is 0.508 e. The Morgan fingerprint density at radius 2 is 1.66 bits per heavy atom. The first-order valence-electron chi connectivity index (χ1n) is 10.4. The van der Waals surface area contributed by atoms with Crippen LogP contribution in [0.1, 0.15) is 58.4 Å². The number of phenols is 1. The van der Waals surface area contributed by atoms with E-state index in [1.165, 1.54) is 11.1 Å². The van der Waals surface area contributed by atoms with Crippen molar-refractivity contribution in [2.24, 2.45) is 0 Å². The van der Waals surface area contributed by atoms with E-state index in [4.69, 9.17) is 13.6 Å². The molecule has 1 aliphatic carbocycles. The molecule has 0 aromatic heterocycles. The van der Waals surface area contributed by atoms with Gasteiger partial charge in [0.15, 0.2) is 0 Å². The Balaban J connectivity index is 1.98. The molecule has 0 saturated carbocycles. The van der Waals surface area contributed by atoms with Gasteiger partial charge in [-0.05, 0) is 68.0 Å². The maximum atomic E-state index is 12.9. The Morgan fingerprint density at radius 1 is 1.03 bits per heavy atom. The second-order valence-electron chi connectivity index (χ2n) is 7.20. The number of hydrogen-bond acceptors (Lipinski definition) is 5. The van der Waals surface area contributed by atoms with E-state index in [0.717, 1.165) is 37.7 Å². The minimum Gasteiger partial charge on any atom is -0.508 e. The van der Waals surface area contributed by atoms with Gasteiger partial charge in [-0.1, -0.05) is 50.5 Å². The van der Waals surface area contributed by atoms with Crippen LogP contribution in [0.25, 0.3) is 0 Å². The highest BCUT2D eigenvalue weighted by Crippen LogP contribution is 2.52. The molecule has 0 bridgehead atoms. The molecule has 5 nitrogen and oxygen atoms in total. The fourth-order valence-corrected chi connectivity index (χ4v) is 4.09. The van der Waals surface area contributed by atoms with Gasteiger partial charge in [0.25, 0.3) is 0 Å². The molecule has 160 valence electrons. The van der Waals surface area contributed by atoms with Crippen molar-refractivity contribution in [2.45, 2.75) is 59.3 Å². The monoisotopic (exact) mass is 420 g/mol. The number of phosphoric acid groups is 1.